The number of hydrogen-bond acceptors (Lipinski definition) is 4. The second kappa shape index (κ2) is 9.38. The normalized spacial score (nSPS) is 16.7. The van der Waals surface area contributed by atoms with Crippen LogP contribution in [-0.4, -0.2) is 42.0 Å². The lowest BCUT2D eigenvalue weighted by Gasteiger charge is -2.31. The van der Waals surface area contributed by atoms with Crippen LogP contribution in [0.5, 0.6) is 0 Å². The van der Waals surface area contributed by atoms with Crippen molar-refractivity contribution in [3.63, 3.8) is 0 Å². The number of likely N-dealkylation sites (tertiary alicyclic amines) is 1. The number of aryl methyl sites for hydroxylation is 2. The van der Waals surface area contributed by atoms with Gasteiger partial charge in [0.2, 0.25) is 0 Å². The molecule has 0 bridgehead atoms. The van der Waals surface area contributed by atoms with Gasteiger partial charge in [-0.05, 0) is 64.6 Å². The largest absolute Gasteiger partial charge is 0.351 e. The summed E-state index contributed by atoms with van der Waals surface area (Å²) in [5, 5.41) is 4.24. The van der Waals surface area contributed by atoms with E-state index in [0.29, 0.717) is 5.92 Å². The zero-order valence-corrected chi connectivity index (χ0v) is 15.7. The Morgan fingerprint density at radius 3 is 2.70 bits per heavy atom. The molecular formula is C18H31N3OS. The van der Waals surface area contributed by atoms with E-state index in [2.05, 4.69) is 29.0 Å². The van der Waals surface area contributed by atoms with Gasteiger partial charge in [0, 0.05) is 6.54 Å². The van der Waals surface area contributed by atoms with Crippen molar-refractivity contribution in [2.24, 2.45) is 5.92 Å². The molecule has 0 saturated carbocycles. The maximum absolute atomic E-state index is 12.4. The molecule has 0 atom stereocenters. The minimum atomic E-state index is 0.0683. The lowest BCUT2D eigenvalue weighted by Crippen LogP contribution is -2.38. The number of piperidine rings is 1. The van der Waals surface area contributed by atoms with Gasteiger partial charge in [-0.15, -0.1) is 11.3 Å². The van der Waals surface area contributed by atoms with Gasteiger partial charge < -0.3 is 10.2 Å². The van der Waals surface area contributed by atoms with Gasteiger partial charge in [0.15, 0.2) is 0 Å². The van der Waals surface area contributed by atoms with E-state index in [9.17, 15) is 4.79 Å². The molecule has 1 N–H and O–H groups in total. The summed E-state index contributed by atoms with van der Waals surface area (Å²) >= 11 is 1.57. The Morgan fingerprint density at radius 2 is 2.04 bits per heavy atom. The summed E-state index contributed by atoms with van der Waals surface area (Å²) in [7, 11) is 0. The first-order chi connectivity index (χ1) is 11.1. The van der Waals surface area contributed by atoms with Crippen LogP contribution in [-0.2, 0) is 6.42 Å². The van der Waals surface area contributed by atoms with Crippen molar-refractivity contribution in [3.05, 3.63) is 15.6 Å². The molecule has 1 amide bonds. The molecule has 4 nitrogen and oxygen atoms in total. The number of carbonyl (C=O) groups is 1. The van der Waals surface area contributed by atoms with E-state index in [1.165, 1.54) is 38.9 Å². The van der Waals surface area contributed by atoms with E-state index in [-0.39, 0.29) is 5.91 Å². The predicted molar refractivity (Wildman–Crippen MR) is 97.3 cm³/mol. The number of hydrogen-bond donors (Lipinski definition) is 1. The lowest BCUT2D eigenvalue weighted by atomic mass is 9.96. The second-order valence-corrected chi connectivity index (χ2v) is 7.70. The Kier molecular flexibility index (Phi) is 7.50. The smallest absolute Gasteiger partial charge is 0.263 e. The Labute approximate surface area is 144 Å². The zero-order chi connectivity index (χ0) is 16.7. The van der Waals surface area contributed by atoms with Crippen LogP contribution in [0.1, 0.15) is 66.3 Å². The highest BCUT2D eigenvalue weighted by atomic mass is 32.1. The third-order valence-electron chi connectivity index (χ3n) is 4.59. The third-order valence-corrected chi connectivity index (χ3v) is 5.81. The molecule has 0 radical (unpaired) electrons. The summed E-state index contributed by atoms with van der Waals surface area (Å²) in [6, 6.07) is 0. The maximum atomic E-state index is 12.4. The van der Waals surface area contributed by atoms with Crippen molar-refractivity contribution >= 4 is 17.2 Å². The highest BCUT2D eigenvalue weighted by molar-refractivity contribution is 7.13. The first kappa shape index (κ1) is 18.4. The molecule has 0 spiro atoms. The molecule has 1 aliphatic rings. The van der Waals surface area contributed by atoms with Crippen LogP contribution in [0.4, 0.5) is 0 Å². The van der Waals surface area contributed by atoms with Crippen LogP contribution in [0.15, 0.2) is 0 Å². The minimum absolute atomic E-state index is 0.0683. The average Bonchev–Trinajstić information content (AvgIpc) is 2.93. The number of nitrogens with zero attached hydrogens (tertiary/aromatic N) is 2. The Hall–Kier alpha value is -0.940. The Balaban J connectivity index is 1.78. The molecular weight excluding hydrogens is 306 g/mol. The number of unbranched alkanes of at least 4 members (excludes halogenated alkanes) is 1. The molecule has 1 saturated heterocycles. The maximum Gasteiger partial charge on any atom is 0.263 e. The molecule has 2 heterocycles. The van der Waals surface area contributed by atoms with Crippen molar-refractivity contribution < 1.29 is 4.79 Å². The van der Waals surface area contributed by atoms with Gasteiger partial charge in [0.25, 0.3) is 5.91 Å². The molecule has 5 heteroatoms. The Bertz CT molecular complexity index is 492. The van der Waals surface area contributed by atoms with Gasteiger partial charge in [-0.2, -0.15) is 0 Å². The van der Waals surface area contributed by atoms with Gasteiger partial charge in [-0.3, -0.25) is 4.79 Å². The fraction of sp³-hybridized carbons (Fsp3) is 0.778. The number of aromatic nitrogens is 1. The molecule has 0 aliphatic carbocycles. The van der Waals surface area contributed by atoms with Crippen molar-refractivity contribution in [1.82, 2.24) is 15.2 Å². The number of amides is 1. The SMILES string of the molecule is CCCCc1nc(C)c(C(=O)NCC2CCN(CCC)CC2)s1. The third kappa shape index (κ3) is 5.57. The monoisotopic (exact) mass is 337 g/mol. The fourth-order valence-electron chi connectivity index (χ4n) is 3.15. The first-order valence-electron chi connectivity index (χ1n) is 9.10. The molecule has 0 unspecified atom stereocenters. The van der Waals surface area contributed by atoms with Crippen molar-refractivity contribution in [3.8, 4) is 0 Å². The average molecular weight is 338 g/mol. The van der Waals surface area contributed by atoms with E-state index in [1.807, 2.05) is 6.92 Å². The fourth-order valence-corrected chi connectivity index (χ4v) is 4.17. The summed E-state index contributed by atoms with van der Waals surface area (Å²) in [4.78, 5) is 20.3. The molecule has 2 rings (SSSR count). The molecule has 0 aromatic carbocycles. The van der Waals surface area contributed by atoms with Crippen LogP contribution in [0, 0.1) is 12.8 Å². The van der Waals surface area contributed by atoms with E-state index >= 15 is 0 Å². The molecule has 23 heavy (non-hydrogen) atoms. The van der Waals surface area contributed by atoms with Crippen molar-refractivity contribution in [2.45, 2.75) is 59.3 Å². The van der Waals surface area contributed by atoms with Crippen LogP contribution in [0.25, 0.3) is 0 Å². The molecule has 1 aliphatic heterocycles. The highest BCUT2D eigenvalue weighted by Gasteiger charge is 2.20. The predicted octanol–water partition coefficient (Wildman–Crippen LogP) is 3.65. The molecule has 1 fully saturated rings. The van der Waals surface area contributed by atoms with E-state index in [1.54, 1.807) is 11.3 Å². The van der Waals surface area contributed by atoms with Crippen LogP contribution >= 0.6 is 11.3 Å². The van der Waals surface area contributed by atoms with Crippen molar-refractivity contribution in [1.29, 1.82) is 0 Å². The standard InChI is InChI=1S/C18H31N3OS/c1-4-6-7-16-20-14(3)17(23-16)18(22)19-13-15-8-11-21(10-5-2)12-9-15/h15H,4-13H2,1-3H3,(H,19,22). The van der Waals surface area contributed by atoms with Gasteiger partial charge in [-0.1, -0.05) is 20.3 Å². The van der Waals surface area contributed by atoms with Crippen LogP contribution < -0.4 is 5.32 Å². The second-order valence-electron chi connectivity index (χ2n) is 6.62. The van der Waals surface area contributed by atoms with Gasteiger partial charge >= 0.3 is 0 Å². The van der Waals surface area contributed by atoms with Gasteiger partial charge in [0.1, 0.15) is 4.88 Å². The minimum Gasteiger partial charge on any atom is -0.351 e. The number of thiazole rings is 1. The van der Waals surface area contributed by atoms with E-state index in [4.69, 9.17) is 0 Å². The summed E-state index contributed by atoms with van der Waals surface area (Å²) in [6.45, 7) is 10.7. The summed E-state index contributed by atoms with van der Waals surface area (Å²) in [6.07, 6.45) is 6.92. The summed E-state index contributed by atoms with van der Waals surface area (Å²) in [5.41, 5.74) is 0.886. The molecule has 130 valence electrons. The molecule has 1 aromatic rings. The molecule has 1 aromatic heterocycles. The first-order valence-corrected chi connectivity index (χ1v) is 9.92. The van der Waals surface area contributed by atoms with Crippen molar-refractivity contribution in [2.75, 3.05) is 26.2 Å². The number of nitrogens with one attached hydrogen (secondary N) is 1. The number of rotatable bonds is 8. The summed E-state index contributed by atoms with van der Waals surface area (Å²) < 4.78 is 0. The quantitative estimate of drug-likeness (QED) is 0.787. The van der Waals surface area contributed by atoms with E-state index < -0.39 is 0 Å². The van der Waals surface area contributed by atoms with Crippen LogP contribution in [0.3, 0.4) is 0 Å². The summed E-state index contributed by atoms with van der Waals surface area (Å²) in [5.74, 6) is 0.693. The van der Waals surface area contributed by atoms with E-state index in [0.717, 1.165) is 41.4 Å². The zero-order valence-electron chi connectivity index (χ0n) is 14.9. The van der Waals surface area contributed by atoms with Gasteiger partial charge in [0.05, 0.1) is 10.7 Å². The number of carbonyl (C=O) groups excluding carboxylic acids is 1. The topological polar surface area (TPSA) is 45.2 Å². The Morgan fingerprint density at radius 1 is 1.30 bits per heavy atom. The van der Waals surface area contributed by atoms with Gasteiger partial charge in [-0.25, -0.2) is 4.98 Å². The van der Waals surface area contributed by atoms with Crippen LogP contribution in [0.2, 0.25) is 0 Å². The lowest BCUT2D eigenvalue weighted by molar-refractivity contribution is 0.0939. The highest BCUT2D eigenvalue weighted by Crippen LogP contribution is 2.21.